The minimum atomic E-state index is -0.609. The Morgan fingerprint density at radius 2 is 2.00 bits per heavy atom. The first-order valence-corrected chi connectivity index (χ1v) is 5.82. The van der Waals surface area contributed by atoms with Crippen LogP contribution in [-0.4, -0.2) is 22.9 Å². The maximum Gasteiger partial charge on any atom is 0.254 e. The fourth-order valence-electron chi connectivity index (χ4n) is 1.92. The number of guanidine groups is 1. The second kappa shape index (κ2) is 4.07. The van der Waals surface area contributed by atoms with E-state index in [9.17, 15) is 4.79 Å². The molecule has 92 valence electrons. The van der Waals surface area contributed by atoms with Crippen LogP contribution in [0.4, 0.5) is 0 Å². The van der Waals surface area contributed by atoms with E-state index in [2.05, 4.69) is 29.5 Å². The molecule has 0 radical (unpaired) electrons. The first-order valence-electron chi connectivity index (χ1n) is 5.82. The zero-order chi connectivity index (χ0) is 12.6. The molecule has 1 aliphatic rings. The standard InChI is InChI=1S/C12H23N3O/c1-8(2)7-12(6)9(16)13-10(15-12)14-11(3,4)5/h8H,7H2,1-6H3,(H2,13,14,15,16). The topological polar surface area (TPSA) is 53.5 Å². The Labute approximate surface area is 97.9 Å². The highest BCUT2D eigenvalue weighted by molar-refractivity contribution is 6.07. The number of rotatable bonds is 2. The van der Waals surface area contributed by atoms with E-state index in [0.717, 1.165) is 6.42 Å². The van der Waals surface area contributed by atoms with Crippen molar-refractivity contribution in [1.82, 2.24) is 10.6 Å². The molecule has 0 aromatic carbocycles. The van der Waals surface area contributed by atoms with Gasteiger partial charge in [-0.25, -0.2) is 4.99 Å². The molecule has 1 aliphatic heterocycles. The van der Waals surface area contributed by atoms with Crippen LogP contribution in [0.3, 0.4) is 0 Å². The van der Waals surface area contributed by atoms with E-state index >= 15 is 0 Å². The number of amides is 1. The van der Waals surface area contributed by atoms with Crippen LogP contribution in [0.2, 0.25) is 0 Å². The summed E-state index contributed by atoms with van der Waals surface area (Å²) in [6.07, 6.45) is 0.772. The lowest BCUT2D eigenvalue weighted by Crippen LogP contribution is -2.47. The van der Waals surface area contributed by atoms with Crippen molar-refractivity contribution in [3.05, 3.63) is 0 Å². The van der Waals surface area contributed by atoms with Gasteiger partial charge in [-0.15, -0.1) is 0 Å². The van der Waals surface area contributed by atoms with Gasteiger partial charge in [0.1, 0.15) is 5.54 Å². The van der Waals surface area contributed by atoms with Gasteiger partial charge in [-0.3, -0.25) is 10.1 Å². The van der Waals surface area contributed by atoms with Crippen molar-refractivity contribution >= 4 is 11.9 Å². The van der Waals surface area contributed by atoms with Crippen molar-refractivity contribution < 1.29 is 4.79 Å². The lowest BCUT2D eigenvalue weighted by atomic mass is 9.91. The third kappa shape index (κ3) is 3.22. The van der Waals surface area contributed by atoms with Crippen LogP contribution < -0.4 is 10.6 Å². The molecule has 0 fully saturated rings. The molecule has 4 nitrogen and oxygen atoms in total. The number of hydrogen-bond donors (Lipinski definition) is 2. The molecule has 1 rings (SSSR count). The summed E-state index contributed by atoms with van der Waals surface area (Å²) in [6, 6.07) is 0. The highest BCUT2D eigenvalue weighted by Gasteiger charge is 2.40. The Morgan fingerprint density at radius 1 is 1.44 bits per heavy atom. The quantitative estimate of drug-likeness (QED) is 0.751. The molecule has 0 spiro atoms. The predicted octanol–water partition coefficient (Wildman–Crippen LogP) is 1.67. The minimum absolute atomic E-state index is 0.00653. The number of nitrogens with zero attached hydrogens (tertiary/aromatic N) is 1. The summed E-state index contributed by atoms with van der Waals surface area (Å²) >= 11 is 0. The maximum atomic E-state index is 11.9. The van der Waals surface area contributed by atoms with Gasteiger partial charge in [0.05, 0.1) is 0 Å². The van der Waals surface area contributed by atoms with E-state index in [4.69, 9.17) is 0 Å². The SMILES string of the molecule is CC(C)CC1(C)N=C(NC(C)(C)C)NC1=O. The van der Waals surface area contributed by atoms with Crippen LogP contribution in [0.25, 0.3) is 0 Å². The molecule has 0 bridgehead atoms. The largest absolute Gasteiger partial charge is 0.351 e. The molecule has 0 aromatic heterocycles. The van der Waals surface area contributed by atoms with Crippen molar-refractivity contribution in [3.63, 3.8) is 0 Å². The van der Waals surface area contributed by atoms with Gasteiger partial charge in [0.25, 0.3) is 5.91 Å². The van der Waals surface area contributed by atoms with E-state index in [1.165, 1.54) is 0 Å². The number of nitrogens with one attached hydrogen (secondary N) is 2. The Bertz CT molecular complexity index is 315. The predicted molar refractivity (Wildman–Crippen MR) is 66.3 cm³/mol. The van der Waals surface area contributed by atoms with Crippen molar-refractivity contribution in [2.45, 2.75) is 59.0 Å². The van der Waals surface area contributed by atoms with E-state index < -0.39 is 5.54 Å². The van der Waals surface area contributed by atoms with Crippen LogP contribution in [0.15, 0.2) is 4.99 Å². The molecule has 16 heavy (non-hydrogen) atoms. The molecule has 1 heterocycles. The summed E-state index contributed by atoms with van der Waals surface area (Å²) in [5, 5.41) is 6.00. The second-order valence-corrected chi connectivity index (χ2v) is 6.16. The Balaban J connectivity index is 2.78. The van der Waals surface area contributed by atoms with Gasteiger partial charge in [-0.2, -0.15) is 0 Å². The normalized spacial score (nSPS) is 25.7. The van der Waals surface area contributed by atoms with E-state index in [-0.39, 0.29) is 11.4 Å². The second-order valence-electron chi connectivity index (χ2n) is 6.16. The van der Waals surface area contributed by atoms with E-state index in [1.54, 1.807) is 0 Å². The zero-order valence-electron chi connectivity index (χ0n) is 11.1. The molecule has 0 saturated heterocycles. The first-order chi connectivity index (χ1) is 7.12. The maximum absolute atomic E-state index is 11.9. The third-order valence-electron chi connectivity index (χ3n) is 2.38. The Kier molecular flexibility index (Phi) is 3.31. The van der Waals surface area contributed by atoms with Gasteiger partial charge >= 0.3 is 0 Å². The molecule has 4 heteroatoms. The van der Waals surface area contributed by atoms with Crippen molar-refractivity contribution in [2.75, 3.05) is 0 Å². The fraction of sp³-hybridized carbons (Fsp3) is 0.833. The molecular weight excluding hydrogens is 202 g/mol. The summed E-state index contributed by atoms with van der Waals surface area (Å²) in [5.74, 6) is 1.04. The van der Waals surface area contributed by atoms with Gasteiger partial charge in [-0.1, -0.05) is 13.8 Å². The molecule has 0 aromatic rings. The minimum Gasteiger partial charge on any atom is -0.351 e. The fourth-order valence-corrected chi connectivity index (χ4v) is 1.92. The van der Waals surface area contributed by atoms with Gasteiger partial charge in [0.15, 0.2) is 5.96 Å². The van der Waals surface area contributed by atoms with Gasteiger partial charge < -0.3 is 5.32 Å². The van der Waals surface area contributed by atoms with Crippen LogP contribution >= 0.6 is 0 Å². The first kappa shape index (κ1) is 13.0. The van der Waals surface area contributed by atoms with Crippen molar-refractivity contribution in [2.24, 2.45) is 10.9 Å². The number of carbonyl (C=O) groups excluding carboxylic acids is 1. The Hall–Kier alpha value is -1.06. The Morgan fingerprint density at radius 3 is 2.44 bits per heavy atom. The highest BCUT2D eigenvalue weighted by atomic mass is 16.2. The van der Waals surface area contributed by atoms with Gasteiger partial charge in [0.2, 0.25) is 0 Å². The van der Waals surface area contributed by atoms with E-state index in [1.807, 2.05) is 27.7 Å². The molecule has 0 aliphatic carbocycles. The molecule has 1 amide bonds. The smallest absolute Gasteiger partial charge is 0.254 e. The summed E-state index contributed by atoms with van der Waals surface area (Å²) in [6.45, 7) is 12.2. The summed E-state index contributed by atoms with van der Waals surface area (Å²) < 4.78 is 0. The molecular formula is C12H23N3O. The third-order valence-corrected chi connectivity index (χ3v) is 2.38. The summed E-state index contributed by atoms with van der Waals surface area (Å²) in [7, 11) is 0. The van der Waals surface area contributed by atoms with Crippen LogP contribution in [-0.2, 0) is 4.79 Å². The van der Waals surface area contributed by atoms with Crippen molar-refractivity contribution in [1.29, 1.82) is 0 Å². The summed E-state index contributed by atoms with van der Waals surface area (Å²) in [4.78, 5) is 16.3. The van der Waals surface area contributed by atoms with Crippen LogP contribution in [0, 0.1) is 5.92 Å². The van der Waals surface area contributed by atoms with Gasteiger partial charge in [-0.05, 0) is 40.0 Å². The monoisotopic (exact) mass is 225 g/mol. The summed E-state index contributed by atoms with van der Waals surface area (Å²) in [5.41, 5.74) is -0.697. The molecule has 1 atom stereocenters. The highest BCUT2D eigenvalue weighted by Crippen LogP contribution is 2.24. The molecule has 1 unspecified atom stereocenters. The molecule has 0 saturated carbocycles. The van der Waals surface area contributed by atoms with Crippen LogP contribution in [0.1, 0.15) is 48.0 Å². The number of hydrogen-bond acceptors (Lipinski definition) is 3. The molecule has 2 N–H and O–H groups in total. The average molecular weight is 225 g/mol. The lowest BCUT2D eigenvalue weighted by Gasteiger charge is -2.21. The average Bonchev–Trinajstić information content (AvgIpc) is 2.20. The lowest BCUT2D eigenvalue weighted by molar-refractivity contribution is -0.123. The number of carbonyl (C=O) groups is 1. The van der Waals surface area contributed by atoms with E-state index in [0.29, 0.717) is 11.9 Å². The zero-order valence-corrected chi connectivity index (χ0v) is 11.1. The van der Waals surface area contributed by atoms with Gasteiger partial charge in [0, 0.05) is 5.54 Å². The number of aliphatic imine (C=N–C) groups is 1. The van der Waals surface area contributed by atoms with Crippen molar-refractivity contribution in [3.8, 4) is 0 Å². The van der Waals surface area contributed by atoms with Crippen LogP contribution in [0.5, 0.6) is 0 Å².